The van der Waals surface area contributed by atoms with E-state index in [1.807, 2.05) is 26.0 Å². The Balaban J connectivity index is 1.68. The van der Waals surface area contributed by atoms with Crippen LogP contribution in [0.3, 0.4) is 0 Å². The van der Waals surface area contributed by atoms with E-state index in [4.69, 9.17) is 4.74 Å². The third-order valence-electron chi connectivity index (χ3n) is 4.46. The van der Waals surface area contributed by atoms with Crippen LogP contribution in [0.5, 0.6) is 5.75 Å². The van der Waals surface area contributed by atoms with Gasteiger partial charge in [-0.1, -0.05) is 38.5 Å². The van der Waals surface area contributed by atoms with Crippen molar-refractivity contribution in [2.24, 2.45) is 0 Å². The molecule has 152 valence electrons. The topological polar surface area (TPSA) is 51.2 Å². The number of aromatic nitrogens is 1. The molecule has 3 rings (SSSR count). The van der Waals surface area contributed by atoms with E-state index >= 15 is 0 Å². The highest BCUT2D eigenvalue weighted by molar-refractivity contribution is 7.16. The van der Waals surface area contributed by atoms with Crippen molar-refractivity contribution in [2.45, 2.75) is 40.0 Å². The minimum absolute atomic E-state index is 0.0890. The van der Waals surface area contributed by atoms with Crippen molar-refractivity contribution >= 4 is 22.4 Å². The molecule has 0 aliphatic carbocycles. The quantitative estimate of drug-likeness (QED) is 0.569. The summed E-state index contributed by atoms with van der Waals surface area (Å²) in [7, 11) is 0. The first-order valence-electron chi connectivity index (χ1n) is 9.40. The number of thiazole rings is 1. The lowest BCUT2D eigenvalue weighted by Gasteiger charge is -2.23. The first-order chi connectivity index (χ1) is 13.6. The molecule has 4 nitrogen and oxygen atoms in total. The number of aryl methyl sites for hydroxylation is 2. The maximum atomic E-state index is 13.1. The Kier molecular flexibility index (Phi) is 6.03. The second kappa shape index (κ2) is 8.33. The first kappa shape index (κ1) is 21.0. The molecule has 0 aliphatic rings. The number of ether oxygens (including phenoxy) is 1. The molecule has 1 aromatic heterocycles. The number of benzene rings is 2. The summed E-state index contributed by atoms with van der Waals surface area (Å²) in [6.07, 6.45) is 0. The molecule has 0 atom stereocenters. The molecule has 0 radical (unpaired) electrons. The summed E-state index contributed by atoms with van der Waals surface area (Å²) in [4.78, 5) is 17.8. The number of carbonyl (C=O) groups excluding carboxylic acids is 1. The normalized spacial score (nSPS) is 11.4. The van der Waals surface area contributed by atoms with Gasteiger partial charge in [-0.2, -0.15) is 0 Å². The largest absolute Gasteiger partial charge is 0.483 e. The van der Waals surface area contributed by atoms with Crippen LogP contribution in [0.1, 0.15) is 36.8 Å². The van der Waals surface area contributed by atoms with Crippen molar-refractivity contribution in [3.63, 3.8) is 0 Å². The van der Waals surface area contributed by atoms with Crippen molar-refractivity contribution in [1.82, 2.24) is 4.98 Å². The summed E-state index contributed by atoms with van der Waals surface area (Å²) in [5.74, 6) is 0.142. The van der Waals surface area contributed by atoms with E-state index in [0.717, 1.165) is 27.3 Å². The smallest absolute Gasteiger partial charge is 0.264 e. The van der Waals surface area contributed by atoms with Crippen LogP contribution < -0.4 is 10.1 Å². The average molecular weight is 413 g/mol. The lowest BCUT2D eigenvalue weighted by molar-refractivity contribution is -0.118. The van der Waals surface area contributed by atoms with Crippen molar-refractivity contribution in [3.05, 3.63) is 64.3 Å². The number of amides is 1. The fourth-order valence-corrected chi connectivity index (χ4v) is 3.83. The van der Waals surface area contributed by atoms with Crippen LogP contribution in [-0.2, 0) is 10.2 Å². The Morgan fingerprint density at radius 1 is 1.14 bits per heavy atom. The highest BCUT2D eigenvalue weighted by atomic mass is 32.1. The van der Waals surface area contributed by atoms with Gasteiger partial charge in [-0.05, 0) is 55.2 Å². The van der Waals surface area contributed by atoms with Crippen LogP contribution in [0.2, 0.25) is 0 Å². The fraction of sp³-hybridized carbons (Fsp3) is 0.304. The predicted molar refractivity (Wildman–Crippen MR) is 116 cm³/mol. The van der Waals surface area contributed by atoms with Gasteiger partial charge >= 0.3 is 0 Å². The third-order valence-corrected chi connectivity index (χ3v) is 5.35. The van der Waals surface area contributed by atoms with Gasteiger partial charge in [0, 0.05) is 10.4 Å². The van der Waals surface area contributed by atoms with E-state index in [0.29, 0.717) is 10.9 Å². The Morgan fingerprint density at radius 2 is 1.83 bits per heavy atom. The summed E-state index contributed by atoms with van der Waals surface area (Å²) >= 11 is 1.38. The first-order valence-corrected chi connectivity index (χ1v) is 10.2. The van der Waals surface area contributed by atoms with Crippen molar-refractivity contribution in [3.8, 4) is 17.0 Å². The Morgan fingerprint density at radius 3 is 2.48 bits per heavy atom. The van der Waals surface area contributed by atoms with Crippen LogP contribution in [-0.4, -0.2) is 17.5 Å². The maximum Gasteiger partial charge on any atom is 0.264 e. The number of nitrogens with one attached hydrogen (secondary N) is 1. The van der Waals surface area contributed by atoms with Gasteiger partial charge in [0.15, 0.2) is 11.7 Å². The van der Waals surface area contributed by atoms with E-state index in [-0.39, 0.29) is 23.7 Å². The van der Waals surface area contributed by atoms with Crippen LogP contribution in [0.25, 0.3) is 11.3 Å². The molecule has 1 heterocycles. The second-order valence-corrected chi connectivity index (χ2v) is 9.22. The lowest BCUT2D eigenvalue weighted by Crippen LogP contribution is -2.22. The van der Waals surface area contributed by atoms with Gasteiger partial charge < -0.3 is 4.74 Å². The molecule has 0 bridgehead atoms. The van der Waals surface area contributed by atoms with Gasteiger partial charge in [-0.15, -0.1) is 11.3 Å². The summed E-state index contributed by atoms with van der Waals surface area (Å²) in [5, 5.41) is 3.29. The fourth-order valence-electron chi connectivity index (χ4n) is 2.98. The maximum absolute atomic E-state index is 13.1. The van der Waals surface area contributed by atoms with E-state index < -0.39 is 0 Å². The van der Waals surface area contributed by atoms with Crippen LogP contribution >= 0.6 is 11.3 Å². The molecule has 29 heavy (non-hydrogen) atoms. The zero-order chi connectivity index (χ0) is 21.2. The molecule has 0 saturated heterocycles. The van der Waals surface area contributed by atoms with Crippen molar-refractivity contribution < 1.29 is 13.9 Å². The minimum Gasteiger partial charge on any atom is -0.483 e. The molecule has 3 aromatic rings. The molecule has 1 N–H and O–H groups in total. The monoisotopic (exact) mass is 412 g/mol. The Labute approximate surface area is 174 Å². The van der Waals surface area contributed by atoms with Crippen molar-refractivity contribution in [2.75, 3.05) is 11.9 Å². The number of hydrogen-bond donors (Lipinski definition) is 1. The van der Waals surface area contributed by atoms with Gasteiger partial charge in [-0.3, -0.25) is 10.1 Å². The van der Waals surface area contributed by atoms with Crippen LogP contribution in [0.15, 0.2) is 42.5 Å². The number of nitrogens with zero attached hydrogens (tertiary/aromatic N) is 1. The molecule has 0 saturated carbocycles. The standard InChI is InChI=1S/C23H25FN2O2S/c1-14-6-11-19(18(12-14)23(3,4)5)28-13-20(27)25-22-26-21(15(2)29-22)16-7-9-17(24)10-8-16/h6-12H,13H2,1-5H3,(H,25,26,27). The summed E-state index contributed by atoms with van der Waals surface area (Å²) in [5.41, 5.74) is 3.67. The molecule has 0 unspecified atom stereocenters. The molecule has 6 heteroatoms. The minimum atomic E-state index is -0.293. The summed E-state index contributed by atoms with van der Waals surface area (Å²) in [6, 6.07) is 12.1. The molecular formula is C23H25FN2O2S. The molecular weight excluding hydrogens is 387 g/mol. The van der Waals surface area contributed by atoms with Gasteiger partial charge in [0.05, 0.1) is 5.69 Å². The molecule has 1 amide bonds. The number of hydrogen-bond acceptors (Lipinski definition) is 4. The van der Waals surface area contributed by atoms with Gasteiger partial charge in [0.25, 0.3) is 5.91 Å². The molecule has 2 aromatic carbocycles. The highest BCUT2D eigenvalue weighted by Crippen LogP contribution is 2.33. The number of anilines is 1. The number of rotatable bonds is 5. The van der Waals surface area contributed by atoms with E-state index in [1.165, 1.54) is 23.5 Å². The van der Waals surface area contributed by atoms with E-state index in [9.17, 15) is 9.18 Å². The van der Waals surface area contributed by atoms with E-state index in [2.05, 4.69) is 37.1 Å². The zero-order valence-corrected chi connectivity index (χ0v) is 18.1. The summed E-state index contributed by atoms with van der Waals surface area (Å²) < 4.78 is 19.0. The number of halogens is 1. The molecule has 0 spiro atoms. The Hall–Kier alpha value is -2.73. The van der Waals surface area contributed by atoms with Gasteiger partial charge in [-0.25, -0.2) is 9.37 Å². The lowest BCUT2D eigenvalue weighted by atomic mass is 9.85. The van der Waals surface area contributed by atoms with Crippen LogP contribution in [0.4, 0.5) is 9.52 Å². The highest BCUT2D eigenvalue weighted by Gasteiger charge is 2.20. The van der Waals surface area contributed by atoms with E-state index in [1.54, 1.807) is 12.1 Å². The van der Waals surface area contributed by atoms with Crippen LogP contribution in [0, 0.1) is 19.7 Å². The SMILES string of the molecule is Cc1ccc(OCC(=O)Nc2nc(-c3ccc(F)cc3)c(C)s2)c(C(C)(C)C)c1. The average Bonchev–Trinajstić information content (AvgIpc) is 3.00. The third kappa shape index (κ3) is 5.21. The van der Waals surface area contributed by atoms with Gasteiger partial charge in [0.1, 0.15) is 11.6 Å². The summed E-state index contributed by atoms with van der Waals surface area (Å²) in [6.45, 7) is 10.2. The zero-order valence-electron chi connectivity index (χ0n) is 17.3. The second-order valence-electron chi connectivity index (χ2n) is 8.02. The van der Waals surface area contributed by atoms with Gasteiger partial charge in [0.2, 0.25) is 0 Å². The van der Waals surface area contributed by atoms with Crippen molar-refractivity contribution in [1.29, 1.82) is 0 Å². The Bertz CT molecular complexity index is 1020. The number of carbonyl (C=O) groups is 1. The predicted octanol–water partition coefficient (Wildman–Crippen LogP) is 5.88. The molecule has 0 fully saturated rings. The molecule has 0 aliphatic heterocycles.